The fourth-order valence-corrected chi connectivity index (χ4v) is 4.26. The molecule has 3 N–H and O–H groups in total. The van der Waals surface area contributed by atoms with Gasteiger partial charge in [0.2, 0.25) is 5.95 Å². The van der Waals surface area contributed by atoms with Crippen LogP contribution in [0.1, 0.15) is 44.4 Å². The standard InChI is InChI=1S/C24H28N6O2.C5H13N/c1-14(2)30-22-17(13-29(24(30)31)21-15(3)7-6-8-16(21)4)12-26-23(28-22)27-19-10-9-18(25)11-20(19)32-5;1-4-6(3)5-2/h6-12,14H,13,25H2,1-5H3,(H,26,27,28);4-5H2,1-3H3. The van der Waals surface area contributed by atoms with Crippen molar-refractivity contribution in [3.05, 3.63) is 59.3 Å². The molecule has 0 saturated carbocycles. The molecule has 4 rings (SSSR count). The molecule has 2 aromatic carbocycles. The third-order valence-corrected chi connectivity index (χ3v) is 6.61. The van der Waals surface area contributed by atoms with Gasteiger partial charge in [0.05, 0.1) is 25.0 Å². The van der Waals surface area contributed by atoms with Crippen LogP contribution in [0.4, 0.5) is 33.6 Å². The average molecular weight is 520 g/mol. The molecule has 0 aliphatic carbocycles. The minimum atomic E-state index is -0.0976. The van der Waals surface area contributed by atoms with Crippen molar-refractivity contribution >= 4 is 34.9 Å². The van der Waals surface area contributed by atoms with Gasteiger partial charge in [0.25, 0.3) is 0 Å². The Morgan fingerprint density at radius 3 is 2.34 bits per heavy atom. The molecule has 0 atom stereocenters. The fraction of sp³-hybridized carbons (Fsp3) is 0.414. The van der Waals surface area contributed by atoms with Gasteiger partial charge in [-0.2, -0.15) is 4.98 Å². The lowest BCUT2D eigenvalue weighted by Gasteiger charge is -2.39. The second-order valence-electron chi connectivity index (χ2n) is 9.69. The molecule has 0 unspecified atom stereocenters. The molecule has 0 saturated heterocycles. The summed E-state index contributed by atoms with van der Waals surface area (Å²) in [5, 5.41) is 3.18. The van der Waals surface area contributed by atoms with Gasteiger partial charge in [-0.15, -0.1) is 0 Å². The first-order valence-corrected chi connectivity index (χ1v) is 13.0. The van der Waals surface area contributed by atoms with Crippen LogP contribution in [0.5, 0.6) is 5.75 Å². The molecular weight excluding hydrogens is 478 g/mol. The van der Waals surface area contributed by atoms with Crippen LogP contribution in [0.15, 0.2) is 42.6 Å². The van der Waals surface area contributed by atoms with Gasteiger partial charge >= 0.3 is 6.03 Å². The monoisotopic (exact) mass is 519 g/mol. The Kier molecular flexibility index (Phi) is 9.52. The molecule has 0 fully saturated rings. The predicted octanol–water partition coefficient (Wildman–Crippen LogP) is 5.74. The number of carbonyl (C=O) groups excluding carboxylic acids is 1. The van der Waals surface area contributed by atoms with Crippen molar-refractivity contribution in [2.75, 3.05) is 48.1 Å². The first-order valence-electron chi connectivity index (χ1n) is 13.0. The fourth-order valence-electron chi connectivity index (χ4n) is 4.26. The van der Waals surface area contributed by atoms with E-state index in [0.29, 0.717) is 35.4 Å². The normalized spacial score (nSPS) is 12.8. The van der Waals surface area contributed by atoms with E-state index >= 15 is 0 Å². The van der Waals surface area contributed by atoms with Gasteiger partial charge in [0.1, 0.15) is 11.6 Å². The van der Waals surface area contributed by atoms with Crippen LogP contribution in [0.3, 0.4) is 0 Å². The summed E-state index contributed by atoms with van der Waals surface area (Å²) < 4.78 is 5.40. The quantitative estimate of drug-likeness (QED) is 0.384. The number of nitrogens with two attached hydrogens (primary N) is 1. The number of methoxy groups -OCH3 is 1. The Hall–Kier alpha value is -3.85. The number of hydrogen-bond donors (Lipinski definition) is 2. The number of para-hydroxylation sites is 1. The summed E-state index contributed by atoms with van der Waals surface area (Å²) >= 11 is 0. The van der Waals surface area contributed by atoms with Crippen molar-refractivity contribution in [1.29, 1.82) is 0 Å². The number of nitrogens with zero attached hydrogens (tertiary/aromatic N) is 5. The highest BCUT2D eigenvalue weighted by molar-refractivity contribution is 6.06. The number of benzene rings is 2. The SMILES string of the molecule is CCN(C)CC.COc1cc(N)ccc1Nc1ncc2c(n1)N(C(C)C)C(=O)N(c1c(C)cccc1C)C2. The summed E-state index contributed by atoms with van der Waals surface area (Å²) in [7, 11) is 3.69. The van der Waals surface area contributed by atoms with Gasteiger partial charge in [0.15, 0.2) is 0 Å². The minimum absolute atomic E-state index is 0.0813. The molecule has 2 amide bonds. The molecule has 1 aliphatic heterocycles. The number of aromatic nitrogens is 2. The Labute approximate surface area is 226 Å². The van der Waals surface area contributed by atoms with Crippen LogP contribution >= 0.6 is 0 Å². The number of amides is 2. The second-order valence-corrected chi connectivity index (χ2v) is 9.69. The lowest BCUT2D eigenvalue weighted by molar-refractivity contribution is 0.248. The molecule has 38 heavy (non-hydrogen) atoms. The van der Waals surface area contributed by atoms with Gasteiger partial charge in [-0.05, 0) is 71.1 Å². The van der Waals surface area contributed by atoms with Gasteiger partial charge in [0, 0.05) is 29.6 Å². The van der Waals surface area contributed by atoms with Crippen LogP contribution in [-0.4, -0.2) is 54.2 Å². The number of ether oxygens (including phenoxy) is 1. The molecule has 0 radical (unpaired) electrons. The summed E-state index contributed by atoms with van der Waals surface area (Å²) in [6.45, 7) is 15.1. The van der Waals surface area contributed by atoms with Crippen LogP contribution in [0, 0.1) is 13.8 Å². The molecule has 1 aromatic heterocycles. The summed E-state index contributed by atoms with van der Waals surface area (Å²) in [6.07, 6.45) is 1.77. The van der Waals surface area contributed by atoms with E-state index in [0.717, 1.165) is 35.5 Å². The van der Waals surface area contributed by atoms with Crippen LogP contribution in [0.25, 0.3) is 0 Å². The Balaban J connectivity index is 0.000000599. The average Bonchev–Trinajstić information content (AvgIpc) is 2.89. The molecule has 204 valence electrons. The Morgan fingerprint density at radius 2 is 1.79 bits per heavy atom. The van der Waals surface area contributed by atoms with Crippen LogP contribution in [0.2, 0.25) is 0 Å². The lowest BCUT2D eigenvalue weighted by Crippen LogP contribution is -2.51. The molecular formula is C29H41N7O2. The zero-order valence-electron chi connectivity index (χ0n) is 23.9. The minimum Gasteiger partial charge on any atom is -0.494 e. The van der Waals surface area contributed by atoms with Crippen LogP contribution in [-0.2, 0) is 6.54 Å². The first-order chi connectivity index (χ1) is 18.1. The number of aryl methyl sites for hydroxylation is 2. The predicted molar refractivity (Wildman–Crippen MR) is 157 cm³/mol. The van der Waals surface area contributed by atoms with Crippen molar-refractivity contribution in [3.63, 3.8) is 0 Å². The van der Waals surface area contributed by atoms with Gasteiger partial charge < -0.3 is 20.7 Å². The third kappa shape index (κ3) is 6.34. The van der Waals surface area contributed by atoms with Gasteiger partial charge in [-0.3, -0.25) is 9.80 Å². The largest absolute Gasteiger partial charge is 0.494 e. The van der Waals surface area contributed by atoms with E-state index in [9.17, 15) is 4.79 Å². The van der Waals surface area contributed by atoms with Crippen molar-refractivity contribution in [2.24, 2.45) is 0 Å². The number of rotatable bonds is 7. The molecule has 9 heteroatoms. The molecule has 3 aromatic rings. The van der Waals surface area contributed by atoms with Gasteiger partial charge in [-0.25, -0.2) is 9.78 Å². The van der Waals surface area contributed by atoms with Crippen molar-refractivity contribution in [3.8, 4) is 5.75 Å². The van der Waals surface area contributed by atoms with E-state index in [1.165, 1.54) is 0 Å². The van der Waals surface area contributed by atoms with E-state index in [2.05, 4.69) is 36.1 Å². The second kappa shape index (κ2) is 12.6. The summed E-state index contributed by atoms with van der Waals surface area (Å²) in [5.41, 5.74) is 11.1. The number of hydrogen-bond acceptors (Lipinski definition) is 7. The lowest BCUT2D eigenvalue weighted by atomic mass is 10.1. The van der Waals surface area contributed by atoms with Crippen molar-refractivity contribution in [2.45, 2.75) is 54.1 Å². The molecule has 0 spiro atoms. The topological polar surface area (TPSA) is 99.9 Å². The number of carbonyl (C=O) groups is 1. The number of urea groups is 1. The molecule has 1 aliphatic rings. The highest BCUT2D eigenvalue weighted by Crippen LogP contribution is 2.36. The highest BCUT2D eigenvalue weighted by Gasteiger charge is 2.35. The maximum atomic E-state index is 13.6. The first kappa shape index (κ1) is 28.7. The maximum Gasteiger partial charge on any atom is 0.330 e. The maximum absolute atomic E-state index is 13.6. The van der Waals surface area contributed by atoms with Crippen LogP contribution < -0.4 is 25.6 Å². The van der Waals surface area contributed by atoms with E-state index in [4.69, 9.17) is 15.5 Å². The number of nitrogens with one attached hydrogen (secondary N) is 1. The smallest absolute Gasteiger partial charge is 0.330 e. The molecule has 9 nitrogen and oxygen atoms in total. The summed E-state index contributed by atoms with van der Waals surface area (Å²) in [5.74, 6) is 1.58. The van der Waals surface area contributed by atoms with Crippen molar-refractivity contribution < 1.29 is 9.53 Å². The van der Waals surface area contributed by atoms with E-state index in [1.54, 1.807) is 30.3 Å². The molecule has 0 bridgehead atoms. The van der Waals surface area contributed by atoms with Gasteiger partial charge in [-0.1, -0.05) is 32.0 Å². The van der Waals surface area contributed by atoms with E-state index in [1.807, 2.05) is 56.9 Å². The Bertz CT molecular complexity index is 1240. The summed E-state index contributed by atoms with van der Waals surface area (Å²) in [6, 6.07) is 11.2. The molecule has 2 heterocycles. The van der Waals surface area contributed by atoms with Crippen molar-refractivity contribution in [1.82, 2.24) is 14.9 Å². The van der Waals surface area contributed by atoms with E-state index < -0.39 is 0 Å². The number of anilines is 5. The van der Waals surface area contributed by atoms with E-state index in [-0.39, 0.29) is 12.1 Å². The number of fused-ring (bicyclic) bond motifs is 1. The number of nitrogen functional groups attached to an aromatic ring is 1. The third-order valence-electron chi connectivity index (χ3n) is 6.61. The zero-order chi connectivity index (χ0) is 28.0. The highest BCUT2D eigenvalue weighted by atomic mass is 16.5. The summed E-state index contributed by atoms with van der Waals surface area (Å²) in [4.78, 5) is 28.6. The Morgan fingerprint density at radius 1 is 1.13 bits per heavy atom. The zero-order valence-corrected chi connectivity index (χ0v) is 23.9.